The highest BCUT2D eigenvalue weighted by molar-refractivity contribution is 6.01. The van der Waals surface area contributed by atoms with E-state index in [1.807, 2.05) is 0 Å². The van der Waals surface area contributed by atoms with Crippen LogP contribution in [0.4, 0.5) is 20.2 Å². The SMILES string of the molecule is [N-]=[N+]=Nc1ccccc1C[C@]1(C(=O)NNCc2c(F)cccc2F)N=C(c2ccc(OCCCO)cc2)O[C@H]1c1ccccc1N=[N+]=[N-]. The molecule has 0 radical (unpaired) electrons. The van der Waals surface area contributed by atoms with E-state index in [4.69, 9.17) is 19.6 Å². The largest absolute Gasteiger partial charge is 0.494 e. The third kappa shape index (κ3) is 7.35. The van der Waals surface area contributed by atoms with Crippen LogP contribution in [0, 0.1) is 11.6 Å². The van der Waals surface area contributed by atoms with Crippen molar-refractivity contribution in [1.82, 2.24) is 10.9 Å². The van der Waals surface area contributed by atoms with Crippen LogP contribution in [0.15, 0.2) is 106 Å². The van der Waals surface area contributed by atoms with Gasteiger partial charge in [0.1, 0.15) is 17.4 Å². The second kappa shape index (κ2) is 15.5. The van der Waals surface area contributed by atoms with Crippen molar-refractivity contribution in [1.29, 1.82) is 0 Å². The van der Waals surface area contributed by atoms with Crippen molar-refractivity contribution in [2.75, 3.05) is 13.2 Å². The van der Waals surface area contributed by atoms with Gasteiger partial charge in [0.05, 0.1) is 6.61 Å². The molecule has 0 aliphatic carbocycles. The quantitative estimate of drug-likeness (QED) is 0.0436. The molecule has 13 nitrogen and oxygen atoms in total. The third-order valence-electron chi connectivity index (χ3n) is 7.53. The number of hydrogen-bond acceptors (Lipinski definition) is 8. The number of carbonyl (C=O) groups is 1. The molecular weight excluding hydrogens is 624 g/mol. The van der Waals surface area contributed by atoms with E-state index in [1.54, 1.807) is 72.8 Å². The third-order valence-corrected chi connectivity index (χ3v) is 7.53. The van der Waals surface area contributed by atoms with Gasteiger partial charge in [0.15, 0.2) is 11.6 Å². The van der Waals surface area contributed by atoms with Crippen LogP contribution in [0.3, 0.4) is 0 Å². The van der Waals surface area contributed by atoms with Gasteiger partial charge in [-0.2, -0.15) is 0 Å². The fourth-order valence-electron chi connectivity index (χ4n) is 5.23. The minimum absolute atomic E-state index is 0.0154. The number of aliphatic hydroxyl groups excluding tert-OH is 1. The number of benzene rings is 4. The van der Waals surface area contributed by atoms with Crippen LogP contribution in [0.25, 0.3) is 20.9 Å². The summed E-state index contributed by atoms with van der Waals surface area (Å²) in [5.41, 5.74) is 23.2. The van der Waals surface area contributed by atoms with E-state index >= 15 is 0 Å². The Bertz CT molecular complexity index is 1890. The zero-order chi connectivity index (χ0) is 33.9. The van der Waals surface area contributed by atoms with Crippen molar-refractivity contribution in [3.05, 3.63) is 146 Å². The molecule has 4 aromatic rings. The summed E-state index contributed by atoms with van der Waals surface area (Å²) in [4.78, 5) is 25.1. The topological polar surface area (TPSA) is 190 Å². The predicted molar refractivity (Wildman–Crippen MR) is 172 cm³/mol. The van der Waals surface area contributed by atoms with Gasteiger partial charge in [-0.1, -0.05) is 64.8 Å². The maximum absolute atomic E-state index is 14.4. The average Bonchev–Trinajstić information content (AvgIpc) is 3.48. The van der Waals surface area contributed by atoms with Gasteiger partial charge in [-0.15, -0.1) is 0 Å². The molecule has 2 atom stereocenters. The van der Waals surface area contributed by atoms with Crippen LogP contribution in [0.1, 0.15) is 34.8 Å². The Morgan fingerprint density at radius 3 is 2.31 bits per heavy atom. The monoisotopic (exact) mass is 653 g/mol. The van der Waals surface area contributed by atoms with Crippen LogP contribution in [-0.2, 0) is 22.5 Å². The summed E-state index contributed by atoms with van der Waals surface area (Å²) in [5.74, 6) is -1.76. The smallest absolute Gasteiger partial charge is 0.266 e. The molecule has 1 aliphatic heterocycles. The summed E-state index contributed by atoms with van der Waals surface area (Å²) in [5, 5.41) is 16.7. The summed E-state index contributed by atoms with van der Waals surface area (Å²) >= 11 is 0. The van der Waals surface area contributed by atoms with E-state index in [2.05, 4.69) is 30.9 Å². The van der Waals surface area contributed by atoms with Crippen molar-refractivity contribution in [2.24, 2.45) is 15.2 Å². The van der Waals surface area contributed by atoms with Gasteiger partial charge in [-0.25, -0.2) is 19.2 Å². The summed E-state index contributed by atoms with van der Waals surface area (Å²) in [6, 6.07) is 23.3. The Hall–Kier alpha value is -5.98. The van der Waals surface area contributed by atoms with Gasteiger partial charge < -0.3 is 14.6 Å². The summed E-state index contributed by atoms with van der Waals surface area (Å²) in [6.45, 7) is -0.105. The number of aliphatic imine (C=N–C) groups is 1. The van der Waals surface area contributed by atoms with Crippen molar-refractivity contribution in [2.45, 2.75) is 31.0 Å². The Morgan fingerprint density at radius 2 is 1.60 bits per heavy atom. The molecule has 1 amide bonds. The van der Waals surface area contributed by atoms with Crippen molar-refractivity contribution in [3.8, 4) is 5.75 Å². The zero-order valence-corrected chi connectivity index (χ0v) is 25.3. The molecule has 0 aromatic heterocycles. The number of aliphatic hydroxyl groups is 1. The fraction of sp³-hybridized carbons (Fsp3) is 0.212. The van der Waals surface area contributed by atoms with E-state index in [0.717, 1.165) is 12.1 Å². The van der Waals surface area contributed by atoms with Crippen molar-refractivity contribution >= 4 is 23.2 Å². The highest BCUT2D eigenvalue weighted by Crippen LogP contribution is 2.46. The molecule has 0 bridgehead atoms. The summed E-state index contributed by atoms with van der Waals surface area (Å²) in [7, 11) is 0. The number of hydrazine groups is 1. The Labute approximate surface area is 273 Å². The number of nitrogens with one attached hydrogen (secondary N) is 2. The summed E-state index contributed by atoms with van der Waals surface area (Å²) in [6.07, 6.45) is -0.929. The number of ether oxygens (including phenoxy) is 2. The first kappa shape index (κ1) is 33.4. The minimum atomic E-state index is -1.85. The molecule has 4 aromatic carbocycles. The molecule has 0 unspecified atom stereocenters. The lowest BCUT2D eigenvalue weighted by atomic mass is 9.81. The molecule has 5 rings (SSSR count). The van der Waals surface area contributed by atoms with Crippen LogP contribution in [0.5, 0.6) is 5.75 Å². The lowest BCUT2D eigenvalue weighted by Gasteiger charge is -2.31. The molecule has 0 spiro atoms. The van der Waals surface area contributed by atoms with Crippen LogP contribution in [0.2, 0.25) is 0 Å². The highest BCUT2D eigenvalue weighted by Gasteiger charge is 2.54. The fourth-order valence-corrected chi connectivity index (χ4v) is 5.23. The van der Waals surface area contributed by atoms with Crippen LogP contribution in [-0.4, -0.2) is 35.7 Å². The van der Waals surface area contributed by atoms with Crippen molar-refractivity contribution in [3.63, 3.8) is 0 Å². The second-order valence-corrected chi connectivity index (χ2v) is 10.5. The van der Waals surface area contributed by atoms with Crippen molar-refractivity contribution < 1.29 is 28.2 Å². The molecule has 0 fully saturated rings. The normalized spacial score (nSPS) is 16.6. The molecular formula is C33H29F2N9O4. The number of carbonyl (C=O) groups excluding carboxylic acids is 1. The molecule has 15 heteroatoms. The van der Waals surface area contributed by atoms with Gasteiger partial charge in [-0.05, 0) is 53.0 Å². The molecule has 244 valence electrons. The first-order valence-electron chi connectivity index (χ1n) is 14.7. The predicted octanol–water partition coefficient (Wildman–Crippen LogP) is 6.93. The highest BCUT2D eigenvalue weighted by atomic mass is 19.1. The van der Waals surface area contributed by atoms with Gasteiger partial charge in [0, 0.05) is 63.9 Å². The van der Waals surface area contributed by atoms with Gasteiger partial charge >= 0.3 is 0 Å². The number of halogens is 2. The van der Waals surface area contributed by atoms with Crippen LogP contribution >= 0.6 is 0 Å². The molecule has 3 N–H and O–H groups in total. The van der Waals surface area contributed by atoms with E-state index in [1.165, 1.54) is 6.07 Å². The van der Waals surface area contributed by atoms with Gasteiger partial charge in [0.25, 0.3) is 5.91 Å². The Kier molecular flexibility index (Phi) is 10.8. The summed E-state index contributed by atoms with van der Waals surface area (Å²) < 4.78 is 40.8. The standard InChI is InChI=1S/C33H29F2N9O4/c34-26-9-5-10-27(35)25(26)20-38-42-32(46)33(19-22-7-1-3-11-28(22)40-43-36)30(24-8-2-4-12-29(24)41-44-37)48-31(39-33)21-13-15-23(16-14-21)47-18-6-17-45/h1-5,7-16,30,38,45H,6,17-20H2,(H,42,46)/t30-,33-/m0/s1. The Morgan fingerprint density at radius 1 is 0.938 bits per heavy atom. The van der Waals surface area contributed by atoms with Gasteiger partial charge in [-0.3, -0.25) is 10.2 Å². The van der Waals surface area contributed by atoms with E-state index in [9.17, 15) is 24.6 Å². The van der Waals surface area contributed by atoms with Crippen LogP contribution < -0.4 is 15.6 Å². The molecule has 48 heavy (non-hydrogen) atoms. The lowest BCUT2D eigenvalue weighted by Crippen LogP contribution is -2.53. The molecule has 0 saturated heterocycles. The molecule has 1 heterocycles. The average molecular weight is 654 g/mol. The first-order chi connectivity index (χ1) is 23.4. The minimum Gasteiger partial charge on any atom is -0.494 e. The Balaban J connectivity index is 1.61. The van der Waals surface area contributed by atoms with E-state index in [-0.39, 0.29) is 35.9 Å². The van der Waals surface area contributed by atoms with Gasteiger partial charge in [0.2, 0.25) is 5.90 Å². The van der Waals surface area contributed by atoms with E-state index < -0.39 is 35.7 Å². The molecule has 1 aliphatic rings. The number of azide groups is 2. The maximum Gasteiger partial charge on any atom is 0.266 e. The number of nitrogens with zero attached hydrogens (tertiary/aromatic N) is 7. The number of rotatable bonds is 14. The lowest BCUT2D eigenvalue weighted by molar-refractivity contribution is -0.130. The first-order valence-corrected chi connectivity index (χ1v) is 14.7. The molecule has 0 saturated carbocycles. The maximum atomic E-state index is 14.4. The second-order valence-electron chi connectivity index (χ2n) is 10.5. The zero-order valence-electron chi connectivity index (χ0n) is 25.3. The van der Waals surface area contributed by atoms with E-state index in [0.29, 0.717) is 35.5 Å². The number of hydrogen-bond donors (Lipinski definition) is 3. The number of amides is 1.